The van der Waals surface area contributed by atoms with Gasteiger partial charge in [0.25, 0.3) is 0 Å². The van der Waals surface area contributed by atoms with Gasteiger partial charge in [-0.2, -0.15) is 0 Å². The zero-order valence-electron chi connectivity index (χ0n) is 26.8. The third kappa shape index (κ3) is 5.67. The van der Waals surface area contributed by atoms with Crippen LogP contribution in [0.2, 0.25) is 0 Å². The van der Waals surface area contributed by atoms with Crippen LogP contribution in [-0.2, 0) is 10.8 Å². The fourth-order valence-electron chi connectivity index (χ4n) is 5.96. The molecule has 0 aliphatic carbocycles. The van der Waals surface area contributed by atoms with Gasteiger partial charge < -0.3 is 4.98 Å². The Labute approximate surface area is 257 Å². The Hall–Kier alpha value is -4.43. The average molecular weight is 563 g/mol. The molecule has 1 aliphatic heterocycles. The van der Waals surface area contributed by atoms with Gasteiger partial charge in [0.1, 0.15) is 0 Å². The molecule has 0 fully saturated rings. The van der Waals surface area contributed by atoms with E-state index in [0.717, 1.165) is 28.4 Å². The Kier molecular flexibility index (Phi) is 7.13. The maximum Gasteiger partial charge on any atom is 0.0791 e. The van der Waals surface area contributed by atoms with Crippen LogP contribution in [0.1, 0.15) is 86.2 Å². The lowest BCUT2D eigenvalue weighted by molar-refractivity contribution is 0.590. The lowest BCUT2D eigenvalue weighted by Gasteiger charge is -2.19. The second kappa shape index (κ2) is 10.7. The minimum atomic E-state index is 0.105. The normalized spacial score (nSPS) is 14.2. The molecule has 0 atom stereocenters. The zero-order chi connectivity index (χ0) is 30.5. The predicted molar refractivity (Wildman–Crippen MR) is 185 cm³/mol. The van der Waals surface area contributed by atoms with Crippen LogP contribution in [-0.4, -0.2) is 10.7 Å². The fourth-order valence-corrected chi connectivity index (χ4v) is 5.96. The summed E-state index contributed by atoms with van der Waals surface area (Å²) in [4.78, 5) is 9.06. The molecule has 1 aliphatic rings. The molecule has 1 aromatic heterocycles. The largest absolute Gasteiger partial charge is 0.354 e. The Bertz CT molecular complexity index is 1860. The molecular formula is C41H42N2. The quantitative estimate of drug-likeness (QED) is 0.226. The van der Waals surface area contributed by atoms with Gasteiger partial charge in [-0.3, -0.25) is 0 Å². The van der Waals surface area contributed by atoms with Gasteiger partial charge >= 0.3 is 0 Å². The topological polar surface area (TPSA) is 28.1 Å². The molecule has 0 radical (unpaired) electrons. The molecule has 2 nitrogen and oxygen atoms in total. The number of rotatable bonds is 4. The van der Waals surface area contributed by atoms with Crippen LogP contribution in [0.15, 0.2) is 102 Å². The molecule has 6 rings (SSSR count). The number of H-pyrrole nitrogens is 1. The molecule has 2 heteroatoms. The van der Waals surface area contributed by atoms with Gasteiger partial charge in [-0.25, -0.2) is 4.99 Å². The van der Waals surface area contributed by atoms with Gasteiger partial charge in [0.05, 0.1) is 11.4 Å². The van der Waals surface area contributed by atoms with Crippen molar-refractivity contribution in [3.8, 4) is 22.4 Å². The van der Waals surface area contributed by atoms with Crippen molar-refractivity contribution in [2.24, 2.45) is 4.99 Å². The first-order valence-electron chi connectivity index (χ1n) is 15.3. The Balaban J connectivity index is 1.50. The van der Waals surface area contributed by atoms with Crippen molar-refractivity contribution in [2.45, 2.75) is 66.2 Å². The number of aliphatic imine (C=N–C) groups is 1. The summed E-state index contributed by atoms with van der Waals surface area (Å²) in [5.41, 5.74) is 16.7. The smallest absolute Gasteiger partial charge is 0.0791 e. The molecule has 0 saturated heterocycles. The van der Waals surface area contributed by atoms with Crippen LogP contribution >= 0.6 is 0 Å². The van der Waals surface area contributed by atoms with Crippen molar-refractivity contribution in [3.05, 3.63) is 142 Å². The molecular weight excluding hydrogens is 520 g/mol. The molecule has 4 aromatic carbocycles. The molecule has 2 heterocycles. The van der Waals surface area contributed by atoms with Crippen LogP contribution in [0.4, 0.5) is 0 Å². The Morgan fingerprint density at radius 2 is 1.16 bits per heavy atom. The molecule has 5 aromatic rings. The molecule has 0 spiro atoms. The summed E-state index contributed by atoms with van der Waals surface area (Å²) < 4.78 is 0. The van der Waals surface area contributed by atoms with Crippen molar-refractivity contribution in [1.29, 1.82) is 0 Å². The highest BCUT2D eigenvalue weighted by Gasteiger charge is 2.24. The lowest BCUT2D eigenvalue weighted by Crippen LogP contribution is -2.10. The number of nitrogens with zero attached hydrogens (tertiary/aromatic N) is 1. The monoisotopic (exact) mass is 562 g/mol. The van der Waals surface area contributed by atoms with Crippen molar-refractivity contribution >= 4 is 17.5 Å². The van der Waals surface area contributed by atoms with E-state index < -0.39 is 0 Å². The number of fused-ring (bicyclic) bond motifs is 1. The summed E-state index contributed by atoms with van der Waals surface area (Å²) in [6.45, 7) is 17.9. The summed E-state index contributed by atoms with van der Waals surface area (Å²) in [6.07, 6.45) is 2.23. The third-order valence-corrected chi connectivity index (χ3v) is 8.58. The van der Waals surface area contributed by atoms with Crippen LogP contribution in [0.3, 0.4) is 0 Å². The summed E-state index contributed by atoms with van der Waals surface area (Å²) in [6, 6.07) is 35.5. The SMILES string of the molecule is Cc1ccc(C2=N/C(=C\c3[nH]c(-c4ccc(C(C)(C)C)cc4)cc3-c3ccc(C(C)(C)C)cc3)c3ccccc32)c(C)c1. The number of nitrogens with one attached hydrogen (secondary N) is 1. The van der Waals surface area contributed by atoms with E-state index in [0.29, 0.717) is 0 Å². The van der Waals surface area contributed by atoms with Gasteiger partial charge in [0, 0.05) is 33.6 Å². The maximum atomic E-state index is 5.27. The van der Waals surface area contributed by atoms with Crippen LogP contribution in [0, 0.1) is 13.8 Å². The molecule has 0 unspecified atom stereocenters. The van der Waals surface area contributed by atoms with E-state index in [-0.39, 0.29) is 10.8 Å². The van der Waals surface area contributed by atoms with Crippen molar-refractivity contribution in [3.63, 3.8) is 0 Å². The number of aromatic amines is 1. The number of aromatic nitrogens is 1. The molecule has 1 N–H and O–H groups in total. The van der Waals surface area contributed by atoms with E-state index in [1.54, 1.807) is 0 Å². The van der Waals surface area contributed by atoms with Gasteiger partial charge in [-0.15, -0.1) is 0 Å². The first kappa shape index (κ1) is 28.7. The highest BCUT2D eigenvalue weighted by atomic mass is 14.8. The van der Waals surface area contributed by atoms with E-state index >= 15 is 0 Å². The van der Waals surface area contributed by atoms with Crippen molar-refractivity contribution in [1.82, 2.24) is 4.98 Å². The highest BCUT2D eigenvalue weighted by molar-refractivity contribution is 6.22. The van der Waals surface area contributed by atoms with E-state index in [2.05, 4.69) is 164 Å². The second-order valence-corrected chi connectivity index (χ2v) is 14.0. The summed E-state index contributed by atoms with van der Waals surface area (Å²) >= 11 is 0. The van der Waals surface area contributed by atoms with E-state index in [1.165, 1.54) is 50.1 Å². The number of hydrogen-bond acceptors (Lipinski definition) is 1. The fraction of sp³-hybridized carbons (Fsp3) is 0.244. The van der Waals surface area contributed by atoms with E-state index in [9.17, 15) is 0 Å². The molecule has 0 bridgehead atoms. The van der Waals surface area contributed by atoms with Crippen molar-refractivity contribution in [2.75, 3.05) is 0 Å². The molecule has 0 saturated carbocycles. The zero-order valence-corrected chi connectivity index (χ0v) is 26.8. The Morgan fingerprint density at radius 3 is 1.74 bits per heavy atom. The van der Waals surface area contributed by atoms with E-state index in [4.69, 9.17) is 4.99 Å². The lowest BCUT2D eigenvalue weighted by atomic mass is 9.86. The van der Waals surface area contributed by atoms with Gasteiger partial charge in [-0.1, -0.05) is 138 Å². The van der Waals surface area contributed by atoms with E-state index in [1.807, 2.05) is 0 Å². The number of aryl methyl sites for hydroxylation is 2. The summed E-state index contributed by atoms with van der Waals surface area (Å²) in [5.74, 6) is 0. The summed E-state index contributed by atoms with van der Waals surface area (Å²) in [7, 11) is 0. The van der Waals surface area contributed by atoms with Crippen LogP contribution < -0.4 is 0 Å². The van der Waals surface area contributed by atoms with Crippen molar-refractivity contribution < 1.29 is 0 Å². The highest BCUT2D eigenvalue weighted by Crippen LogP contribution is 2.38. The second-order valence-electron chi connectivity index (χ2n) is 14.0. The maximum absolute atomic E-state index is 5.27. The van der Waals surface area contributed by atoms with Crippen LogP contribution in [0.25, 0.3) is 34.2 Å². The molecule has 43 heavy (non-hydrogen) atoms. The van der Waals surface area contributed by atoms with Crippen LogP contribution in [0.5, 0.6) is 0 Å². The standard InChI is InChI=1S/C41H42N2/c1-26-13-22-32(27(2)23-26)39-34-12-10-9-11-33(34)37(43-39)25-38-35(28-14-18-30(19-15-28)40(3,4)5)24-36(42-38)29-16-20-31(21-17-29)41(6,7)8/h9-25,42H,1-8H3/b37-25-. The minimum absolute atomic E-state index is 0.105. The first-order chi connectivity index (χ1) is 20.4. The summed E-state index contributed by atoms with van der Waals surface area (Å²) in [5, 5.41) is 0. The number of hydrogen-bond donors (Lipinski definition) is 1. The third-order valence-electron chi connectivity index (χ3n) is 8.58. The minimum Gasteiger partial charge on any atom is -0.354 e. The average Bonchev–Trinajstić information content (AvgIpc) is 3.54. The Morgan fingerprint density at radius 1 is 0.581 bits per heavy atom. The predicted octanol–water partition coefficient (Wildman–Crippen LogP) is 10.9. The number of benzene rings is 4. The van der Waals surface area contributed by atoms with Gasteiger partial charge in [-0.05, 0) is 64.6 Å². The van der Waals surface area contributed by atoms with Gasteiger partial charge in [0.2, 0.25) is 0 Å². The molecule has 216 valence electrons. The first-order valence-corrected chi connectivity index (χ1v) is 15.3. The van der Waals surface area contributed by atoms with Gasteiger partial charge in [0.15, 0.2) is 0 Å². The molecule has 0 amide bonds.